The summed E-state index contributed by atoms with van der Waals surface area (Å²) in [6.07, 6.45) is -14.1. The first-order valence-corrected chi connectivity index (χ1v) is 20.3. The molecule has 59 heavy (non-hydrogen) atoms. The minimum atomic E-state index is -1.67. The lowest BCUT2D eigenvalue weighted by Gasteiger charge is -2.49. The second-order valence-corrected chi connectivity index (χ2v) is 19.3. The highest BCUT2D eigenvalue weighted by molar-refractivity contribution is 5.69. The summed E-state index contributed by atoms with van der Waals surface area (Å²) in [5.74, 6) is 0. The maximum Gasteiger partial charge on any atom is 0.408 e. The summed E-state index contributed by atoms with van der Waals surface area (Å²) in [5, 5.41) is 45.3. The van der Waals surface area contributed by atoms with Crippen molar-refractivity contribution in [2.45, 2.75) is 218 Å². The fourth-order valence-electron chi connectivity index (χ4n) is 6.75. The Morgan fingerprint density at radius 1 is 0.610 bits per heavy atom. The van der Waals surface area contributed by atoms with Gasteiger partial charge in [-0.3, -0.25) is 0 Å². The molecule has 0 bridgehead atoms. The zero-order chi connectivity index (χ0) is 44.8. The van der Waals surface area contributed by atoms with E-state index in [-0.39, 0.29) is 25.8 Å². The number of carbonyl (C=O) groups is 4. The Balaban J connectivity index is 1.95. The molecule has 2 saturated heterocycles. The molecule has 13 atom stereocenters. The van der Waals surface area contributed by atoms with Crippen LogP contribution in [0.2, 0.25) is 0 Å². The third-order valence-electron chi connectivity index (χ3n) is 9.12. The van der Waals surface area contributed by atoms with Crippen molar-refractivity contribution >= 4 is 24.4 Å². The predicted octanol–water partition coefficient (Wildman–Crippen LogP) is 2.42. The highest BCUT2D eigenvalue weighted by Crippen LogP contribution is 2.33. The Bertz CT molecular complexity index is 1410. The van der Waals surface area contributed by atoms with E-state index in [2.05, 4.69) is 21.3 Å². The third-order valence-corrected chi connectivity index (χ3v) is 9.12. The molecule has 2 aliphatic heterocycles. The van der Waals surface area contributed by atoms with E-state index in [9.17, 15) is 34.5 Å². The van der Waals surface area contributed by atoms with Crippen LogP contribution in [-0.2, 0) is 37.9 Å². The number of nitrogens with one attached hydrogen (secondary N) is 4. The molecule has 0 spiro atoms. The van der Waals surface area contributed by atoms with E-state index < -0.39 is 126 Å². The van der Waals surface area contributed by atoms with Gasteiger partial charge >= 0.3 is 24.4 Å². The van der Waals surface area contributed by atoms with Crippen LogP contribution >= 0.6 is 0 Å². The van der Waals surface area contributed by atoms with E-state index in [0.717, 1.165) is 0 Å². The molecule has 0 aromatic carbocycles. The molecule has 0 aromatic rings. The molecule has 4 amide bonds. The average Bonchev–Trinajstić information content (AvgIpc) is 3.04. The molecule has 3 fully saturated rings. The maximum absolute atomic E-state index is 13.2. The minimum Gasteiger partial charge on any atom is -0.444 e. The molecule has 6 unspecified atom stereocenters. The number of carbonyl (C=O) groups excluding carboxylic acids is 4. The second-order valence-electron chi connectivity index (χ2n) is 19.3. The Hall–Kier alpha value is -3.24. The summed E-state index contributed by atoms with van der Waals surface area (Å²) in [5.41, 5.74) is 3.28. The molecule has 2 heterocycles. The van der Waals surface area contributed by atoms with Crippen molar-refractivity contribution in [3.63, 3.8) is 0 Å². The Morgan fingerprint density at radius 2 is 1.08 bits per heavy atom. The lowest BCUT2D eigenvalue weighted by molar-refractivity contribution is -0.313. The van der Waals surface area contributed by atoms with Crippen LogP contribution in [0.3, 0.4) is 0 Å². The van der Waals surface area contributed by atoms with Gasteiger partial charge in [-0.1, -0.05) is 6.92 Å². The van der Waals surface area contributed by atoms with Gasteiger partial charge in [0.2, 0.25) is 0 Å². The number of amides is 4. The van der Waals surface area contributed by atoms with Gasteiger partial charge in [0.15, 0.2) is 12.6 Å². The van der Waals surface area contributed by atoms with Crippen LogP contribution in [0.15, 0.2) is 0 Å². The summed E-state index contributed by atoms with van der Waals surface area (Å²) in [4.78, 5) is 51.4. The lowest BCUT2D eigenvalue weighted by atomic mass is 9.83. The molecule has 1 saturated carbocycles. The van der Waals surface area contributed by atoms with Crippen LogP contribution in [0.4, 0.5) is 19.2 Å². The molecule has 20 nitrogen and oxygen atoms in total. The Labute approximate surface area is 347 Å². The fourth-order valence-corrected chi connectivity index (χ4v) is 6.75. The molecular weight excluding hydrogens is 778 g/mol. The monoisotopic (exact) mass is 849 g/mol. The number of rotatable bonds is 10. The normalized spacial score (nSPS) is 33.2. The zero-order valence-corrected chi connectivity index (χ0v) is 36.9. The van der Waals surface area contributed by atoms with E-state index in [1.165, 1.54) is 0 Å². The molecule has 342 valence electrons. The first kappa shape index (κ1) is 50.1. The SMILES string of the molecule is CCC1O[C@H](O[C@@H]2C(O)C(O[C@H]3OC(CNC(=O)OC(C)(C)C)CCC3NC(=O)OC(C)(C)C)[C@@H](NC(=O)OC(C)(C)C)C[C@H]2N)C(O)[C@@H](NC(=O)OC(C)(C)C)[C@H]1O. The molecular formula is C39H71N5O15. The summed E-state index contributed by atoms with van der Waals surface area (Å²) in [7, 11) is 0. The first-order valence-electron chi connectivity index (χ1n) is 20.3. The largest absolute Gasteiger partial charge is 0.444 e. The fraction of sp³-hybridized carbons (Fsp3) is 0.897. The van der Waals surface area contributed by atoms with Crippen molar-refractivity contribution in [3.05, 3.63) is 0 Å². The van der Waals surface area contributed by atoms with Gasteiger partial charge in [0.05, 0.1) is 30.3 Å². The van der Waals surface area contributed by atoms with Crippen molar-refractivity contribution < 1.29 is 72.4 Å². The molecule has 20 heteroatoms. The van der Waals surface area contributed by atoms with E-state index in [0.29, 0.717) is 6.42 Å². The van der Waals surface area contributed by atoms with Crippen molar-refractivity contribution in [2.24, 2.45) is 5.73 Å². The maximum atomic E-state index is 13.2. The van der Waals surface area contributed by atoms with Gasteiger partial charge in [0.25, 0.3) is 0 Å². The molecule has 3 rings (SSSR count). The molecule has 9 N–H and O–H groups in total. The smallest absolute Gasteiger partial charge is 0.408 e. The predicted molar refractivity (Wildman–Crippen MR) is 211 cm³/mol. The first-order chi connectivity index (χ1) is 26.9. The number of hydrogen-bond donors (Lipinski definition) is 8. The van der Waals surface area contributed by atoms with Crippen molar-refractivity contribution in [2.75, 3.05) is 6.54 Å². The van der Waals surface area contributed by atoms with Gasteiger partial charge < -0.3 is 80.2 Å². The Morgan fingerprint density at radius 3 is 1.59 bits per heavy atom. The number of ether oxygens (including phenoxy) is 8. The summed E-state index contributed by atoms with van der Waals surface area (Å²) in [6, 6.07) is -4.19. The second kappa shape index (κ2) is 20.1. The summed E-state index contributed by atoms with van der Waals surface area (Å²) in [6.45, 7) is 22.1. The number of aliphatic hydroxyl groups is 3. The average molecular weight is 850 g/mol. The third kappa shape index (κ3) is 16.3. The van der Waals surface area contributed by atoms with Crippen LogP contribution in [0, 0.1) is 0 Å². The zero-order valence-electron chi connectivity index (χ0n) is 36.9. The van der Waals surface area contributed by atoms with E-state index in [1.54, 1.807) is 90.0 Å². The van der Waals surface area contributed by atoms with Crippen molar-refractivity contribution in [3.8, 4) is 0 Å². The standard InChI is InChI=1S/C39H71N5O15/c1-14-23-25(45)24(44-35(51)59-39(11,12)13)26(46)31(53-23)54-28-20(40)17-22(43-34(50)58-38(8,9)10)29(27(28)47)55-30-21(42-33(49)57-37(5,6)7)16-15-19(52-30)18-41-32(48)56-36(2,3)4/h19-31,45-47H,14-18,40H2,1-13H3,(H,41,48)(H,42,49)(H,43,50)(H,44,51)/t19?,20-,21?,22+,23?,24+,25+,26?,27?,28+,29?,30-,31-/m1/s1. The lowest BCUT2D eigenvalue weighted by Crippen LogP contribution is -2.69. The number of hydrogen-bond acceptors (Lipinski definition) is 16. The molecule has 1 aliphatic carbocycles. The minimum absolute atomic E-state index is 0.0111. The van der Waals surface area contributed by atoms with Crippen LogP contribution < -0.4 is 27.0 Å². The number of nitrogens with two attached hydrogens (primary N) is 1. The molecule has 3 aliphatic rings. The van der Waals surface area contributed by atoms with Gasteiger partial charge in [0.1, 0.15) is 52.9 Å². The molecule has 0 radical (unpaired) electrons. The highest BCUT2D eigenvalue weighted by atomic mass is 16.7. The van der Waals surface area contributed by atoms with Crippen LogP contribution in [0.5, 0.6) is 0 Å². The highest BCUT2D eigenvalue weighted by Gasteiger charge is 2.52. The van der Waals surface area contributed by atoms with Crippen molar-refractivity contribution in [1.82, 2.24) is 21.3 Å². The van der Waals surface area contributed by atoms with E-state index >= 15 is 0 Å². The van der Waals surface area contributed by atoms with E-state index in [4.69, 9.17) is 43.6 Å². The molecule has 0 aromatic heterocycles. The van der Waals surface area contributed by atoms with Crippen molar-refractivity contribution in [1.29, 1.82) is 0 Å². The quantitative estimate of drug-likeness (QED) is 0.147. The number of alkyl carbamates (subject to hydrolysis) is 4. The topological polar surface area (TPSA) is 277 Å². The van der Waals surface area contributed by atoms with E-state index in [1.807, 2.05) is 0 Å². The van der Waals surface area contributed by atoms with Gasteiger partial charge in [-0.25, -0.2) is 19.2 Å². The van der Waals surface area contributed by atoms with Gasteiger partial charge in [0, 0.05) is 12.6 Å². The number of aliphatic hydroxyl groups excluding tert-OH is 3. The summed E-state index contributed by atoms with van der Waals surface area (Å²) < 4.78 is 46.7. The summed E-state index contributed by atoms with van der Waals surface area (Å²) >= 11 is 0. The van der Waals surface area contributed by atoms with Crippen LogP contribution in [0.25, 0.3) is 0 Å². The van der Waals surface area contributed by atoms with Crippen LogP contribution in [0.1, 0.15) is 116 Å². The van der Waals surface area contributed by atoms with Gasteiger partial charge in [-0.2, -0.15) is 0 Å². The van der Waals surface area contributed by atoms with Gasteiger partial charge in [-0.15, -0.1) is 0 Å². The Kier molecular flexibility index (Phi) is 17.1. The van der Waals surface area contributed by atoms with Crippen LogP contribution in [-0.4, -0.2) is 148 Å². The van der Waals surface area contributed by atoms with Gasteiger partial charge in [-0.05, 0) is 109 Å².